The number of aryl methyl sites for hydroxylation is 1. The van der Waals surface area contributed by atoms with Gasteiger partial charge in [0.15, 0.2) is 19.8 Å². The normalized spacial score (nSPS) is 17.8. The van der Waals surface area contributed by atoms with Gasteiger partial charge in [-0.3, -0.25) is 0 Å². The van der Waals surface area contributed by atoms with Crippen molar-refractivity contribution in [3.8, 4) is 11.5 Å². The van der Waals surface area contributed by atoms with E-state index in [0.717, 1.165) is 34.6 Å². The molecule has 1 aliphatic heterocycles. The van der Waals surface area contributed by atoms with E-state index in [0.29, 0.717) is 13.2 Å². The van der Waals surface area contributed by atoms with Gasteiger partial charge in [-0.1, -0.05) is 77.9 Å². The number of methoxy groups -OCH3 is 1. The lowest BCUT2D eigenvalue weighted by molar-refractivity contribution is 0.137. The lowest BCUT2D eigenvalue weighted by Crippen LogP contribution is -2.50. The molecule has 1 amide bonds. The molecule has 42 heavy (non-hydrogen) atoms. The number of amides is 1. The second-order valence-electron chi connectivity index (χ2n) is 14.6. The fourth-order valence-electron chi connectivity index (χ4n) is 4.61. The van der Waals surface area contributed by atoms with Crippen LogP contribution in [0.4, 0.5) is 4.79 Å². The van der Waals surface area contributed by atoms with Gasteiger partial charge < -0.3 is 29.0 Å². The minimum Gasteiger partial charge on any atom is -0.541 e. The van der Waals surface area contributed by atoms with Crippen LogP contribution in [0.3, 0.4) is 0 Å². The quantitative estimate of drug-likeness (QED) is 0.265. The summed E-state index contributed by atoms with van der Waals surface area (Å²) in [4.78, 5) is 12.8. The van der Waals surface area contributed by atoms with Gasteiger partial charge in [-0.2, -0.15) is 0 Å². The van der Waals surface area contributed by atoms with Crippen LogP contribution in [-0.2, 0) is 22.2 Å². The number of hydrogen-bond acceptors (Lipinski definition) is 6. The Morgan fingerprint density at radius 1 is 0.976 bits per heavy atom. The lowest BCUT2D eigenvalue weighted by atomic mass is 9.87. The first-order valence-electron chi connectivity index (χ1n) is 15.1. The predicted molar refractivity (Wildman–Crippen MR) is 177 cm³/mol. The summed E-state index contributed by atoms with van der Waals surface area (Å²) >= 11 is 0. The minimum absolute atomic E-state index is 0.00523. The molecule has 1 aliphatic rings. The number of ether oxygens (including phenoxy) is 2. The maximum absolute atomic E-state index is 12.8. The Labute approximate surface area is 256 Å². The van der Waals surface area contributed by atoms with E-state index in [4.69, 9.17) is 18.3 Å². The summed E-state index contributed by atoms with van der Waals surface area (Å²) in [5.41, 5.74) is 4.25. The number of nitrogens with one attached hydrogen (secondary N) is 2. The molecule has 234 valence electrons. The highest BCUT2D eigenvalue weighted by Gasteiger charge is 2.43. The Morgan fingerprint density at radius 2 is 1.60 bits per heavy atom. The Kier molecular flexibility index (Phi) is 10.7. The van der Waals surface area contributed by atoms with Gasteiger partial charge in [-0.05, 0) is 66.3 Å². The summed E-state index contributed by atoms with van der Waals surface area (Å²) in [5.74, 6) is 1.55. The summed E-state index contributed by atoms with van der Waals surface area (Å²) in [6.45, 7) is 25.8. The predicted octanol–water partition coefficient (Wildman–Crippen LogP) is 7.89. The summed E-state index contributed by atoms with van der Waals surface area (Å²) in [6, 6.07) is 11.8. The van der Waals surface area contributed by atoms with E-state index in [9.17, 15) is 4.79 Å². The van der Waals surface area contributed by atoms with E-state index in [1.54, 1.807) is 7.11 Å². The molecule has 3 rings (SSSR count). The molecule has 0 aliphatic carbocycles. The molecular weight excluding hydrogens is 561 g/mol. The second kappa shape index (κ2) is 13.1. The highest BCUT2D eigenvalue weighted by molar-refractivity contribution is 6.75. The van der Waals surface area contributed by atoms with Crippen LogP contribution in [0.25, 0.3) is 0 Å². The van der Waals surface area contributed by atoms with Gasteiger partial charge in [0.25, 0.3) is 8.32 Å². The van der Waals surface area contributed by atoms with Crippen LogP contribution in [0.1, 0.15) is 69.8 Å². The zero-order valence-electron chi connectivity index (χ0n) is 28.0. The molecule has 2 aromatic rings. The van der Waals surface area contributed by atoms with Crippen LogP contribution in [0.5, 0.6) is 11.5 Å². The molecular formula is C33H54N2O5Si2. The summed E-state index contributed by atoms with van der Waals surface area (Å²) in [6.07, 6.45) is 0.352. The van der Waals surface area contributed by atoms with Crippen molar-refractivity contribution in [2.45, 2.75) is 110 Å². The van der Waals surface area contributed by atoms with E-state index in [1.807, 2.05) is 30.3 Å². The first-order chi connectivity index (χ1) is 19.4. The largest absolute Gasteiger partial charge is 0.541 e. The molecule has 2 N–H and O–H groups in total. The molecule has 0 saturated heterocycles. The molecule has 0 fully saturated rings. The number of fused-ring (bicyclic) bond motifs is 1. The number of alkyl carbamates (subject to hydrolysis) is 1. The highest BCUT2D eigenvalue weighted by atomic mass is 28.4. The third-order valence-electron chi connectivity index (χ3n) is 9.28. The molecule has 0 radical (unpaired) electrons. The molecule has 9 heteroatoms. The number of rotatable bonds is 10. The molecule has 0 saturated carbocycles. The number of carbonyl (C=O) groups excluding carboxylic acids is 1. The first kappa shape index (κ1) is 34.2. The fraction of sp³-hybridized carbons (Fsp3) is 0.606. The number of carbonyl (C=O) groups is 1. The zero-order chi connectivity index (χ0) is 31.5. The van der Waals surface area contributed by atoms with Crippen LogP contribution in [0.2, 0.25) is 36.3 Å². The highest BCUT2D eigenvalue weighted by Crippen LogP contribution is 2.47. The smallest absolute Gasteiger partial charge is 0.407 e. The first-order valence-corrected chi connectivity index (χ1v) is 20.9. The van der Waals surface area contributed by atoms with Crippen molar-refractivity contribution < 1.29 is 23.1 Å². The van der Waals surface area contributed by atoms with Gasteiger partial charge in [0.2, 0.25) is 0 Å². The lowest BCUT2D eigenvalue weighted by Gasteiger charge is -2.42. The van der Waals surface area contributed by atoms with Crippen LogP contribution in [0, 0.1) is 6.92 Å². The van der Waals surface area contributed by atoms with E-state index in [1.165, 1.54) is 5.56 Å². The number of benzene rings is 2. The minimum atomic E-state index is -2.22. The molecule has 1 heterocycles. The van der Waals surface area contributed by atoms with E-state index in [-0.39, 0.29) is 28.8 Å². The summed E-state index contributed by atoms with van der Waals surface area (Å²) in [7, 11) is -2.46. The maximum atomic E-state index is 12.8. The van der Waals surface area contributed by atoms with Gasteiger partial charge >= 0.3 is 6.09 Å². The summed E-state index contributed by atoms with van der Waals surface area (Å²) in [5, 5.41) is 6.95. The molecule has 0 bridgehead atoms. The van der Waals surface area contributed by atoms with Gasteiger partial charge in [-0.25, -0.2) is 4.79 Å². The van der Waals surface area contributed by atoms with Crippen molar-refractivity contribution in [3.05, 3.63) is 58.7 Å². The van der Waals surface area contributed by atoms with Crippen LogP contribution >= 0.6 is 0 Å². The standard InChI is InChI=1S/C33H54N2O5Si2/c1-23-18-25-19-26(22-39-41(9,10)32(2,3)4)35-27(20-34-31(36)38-21-24-16-14-13-15-17-24)28(25)30(29(23)37-8)40-42(11,12)33(5,6)7/h13-18,26-27,35H,19-22H2,1-12H3,(H,34,36)/t26-,27-/m0/s1. The average molecular weight is 615 g/mol. The van der Waals surface area contributed by atoms with Gasteiger partial charge in [0.05, 0.1) is 13.2 Å². The van der Waals surface area contributed by atoms with Crippen molar-refractivity contribution in [1.82, 2.24) is 10.6 Å². The van der Waals surface area contributed by atoms with Crippen molar-refractivity contribution >= 4 is 22.7 Å². The van der Waals surface area contributed by atoms with Crippen LogP contribution in [0.15, 0.2) is 36.4 Å². The van der Waals surface area contributed by atoms with E-state index >= 15 is 0 Å². The van der Waals surface area contributed by atoms with Gasteiger partial charge in [-0.15, -0.1) is 0 Å². The Balaban J connectivity index is 1.94. The third-order valence-corrected chi connectivity index (χ3v) is 18.1. The SMILES string of the molecule is COc1c(C)cc2c(c1O[Si](C)(C)C(C)(C)C)[C@H](CNC(=O)OCc1ccccc1)N[C@H](CO[Si](C)(C)C(C)(C)C)C2. The Bertz CT molecular complexity index is 1220. The molecule has 2 aromatic carbocycles. The summed E-state index contributed by atoms with van der Waals surface area (Å²) < 4.78 is 25.2. The average Bonchev–Trinajstić information content (AvgIpc) is 2.88. The third kappa shape index (κ3) is 8.18. The van der Waals surface area contributed by atoms with Crippen LogP contribution < -0.4 is 19.8 Å². The monoisotopic (exact) mass is 614 g/mol. The van der Waals surface area contributed by atoms with Gasteiger partial charge in [0.1, 0.15) is 6.61 Å². The Hall–Kier alpha value is -2.34. The van der Waals surface area contributed by atoms with Crippen LogP contribution in [-0.4, -0.2) is 49.0 Å². The molecule has 0 unspecified atom stereocenters. The van der Waals surface area contributed by atoms with Gasteiger partial charge in [0, 0.05) is 24.8 Å². The van der Waals surface area contributed by atoms with E-state index < -0.39 is 22.7 Å². The second-order valence-corrected chi connectivity index (χ2v) is 24.2. The topological polar surface area (TPSA) is 78.1 Å². The number of hydrogen-bond donors (Lipinski definition) is 2. The molecule has 0 spiro atoms. The van der Waals surface area contributed by atoms with Crippen molar-refractivity contribution in [1.29, 1.82) is 0 Å². The molecule has 7 nitrogen and oxygen atoms in total. The van der Waals surface area contributed by atoms with Crippen molar-refractivity contribution in [2.75, 3.05) is 20.3 Å². The zero-order valence-corrected chi connectivity index (χ0v) is 30.0. The fourth-order valence-corrected chi connectivity index (χ4v) is 6.68. The van der Waals surface area contributed by atoms with Crippen molar-refractivity contribution in [3.63, 3.8) is 0 Å². The Morgan fingerprint density at radius 3 is 2.17 bits per heavy atom. The molecule has 0 aromatic heterocycles. The van der Waals surface area contributed by atoms with Crippen molar-refractivity contribution in [2.24, 2.45) is 0 Å². The maximum Gasteiger partial charge on any atom is 0.407 e. The molecule has 2 atom stereocenters. The van der Waals surface area contributed by atoms with E-state index in [2.05, 4.69) is 91.4 Å².